The number of benzene rings is 2. The zero-order chi connectivity index (χ0) is 14.4. The van der Waals surface area contributed by atoms with Crippen molar-refractivity contribution in [1.29, 1.82) is 0 Å². The van der Waals surface area contributed by atoms with Crippen LogP contribution in [0, 0.1) is 0 Å². The second kappa shape index (κ2) is 6.75. The molecule has 0 radical (unpaired) electrons. The van der Waals surface area contributed by atoms with E-state index in [0.717, 1.165) is 22.4 Å². The van der Waals surface area contributed by atoms with Crippen LogP contribution in [0.5, 0.6) is 5.75 Å². The quantitative estimate of drug-likeness (QED) is 0.604. The third kappa shape index (κ3) is 3.60. The Balaban J connectivity index is 2.28. The number of oxime groups is 1. The van der Waals surface area contributed by atoms with Gasteiger partial charge >= 0.3 is 0 Å². The highest BCUT2D eigenvalue weighted by atomic mass is 16.6. The van der Waals surface area contributed by atoms with E-state index in [0.29, 0.717) is 0 Å². The van der Waals surface area contributed by atoms with Gasteiger partial charge in [0.25, 0.3) is 0 Å². The highest BCUT2D eigenvalue weighted by molar-refractivity contribution is 5.90. The molecule has 0 unspecified atom stereocenters. The number of rotatable bonds is 5. The smallest absolute Gasteiger partial charge is 0.122 e. The van der Waals surface area contributed by atoms with Gasteiger partial charge in [0.05, 0.1) is 13.3 Å². The Morgan fingerprint density at radius 2 is 1.70 bits per heavy atom. The molecule has 0 aromatic heterocycles. The van der Waals surface area contributed by atoms with Crippen molar-refractivity contribution >= 4 is 6.21 Å². The minimum Gasteiger partial charge on any atom is -0.497 e. The summed E-state index contributed by atoms with van der Waals surface area (Å²) < 4.78 is 5.18. The first-order valence-electron chi connectivity index (χ1n) is 6.63. The molecular weight excluding hydrogens is 250 g/mol. The Kier molecular flexibility index (Phi) is 4.77. The first-order chi connectivity index (χ1) is 9.70. The second-order valence-electron chi connectivity index (χ2n) is 4.70. The number of hydrogen-bond donors (Lipinski definition) is 0. The first-order valence-corrected chi connectivity index (χ1v) is 6.63. The summed E-state index contributed by atoms with van der Waals surface area (Å²) in [5, 5.41) is 4.01. The largest absolute Gasteiger partial charge is 0.497 e. The maximum absolute atomic E-state index is 5.22. The number of methoxy groups -OCH3 is 1. The fraction of sp³-hybridized carbons (Fsp3) is 0.235. The van der Waals surface area contributed by atoms with Crippen LogP contribution in [0.3, 0.4) is 0 Å². The van der Waals surface area contributed by atoms with Crippen LogP contribution in [0.2, 0.25) is 0 Å². The molecule has 0 saturated carbocycles. The summed E-state index contributed by atoms with van der Waals surface area (Å²) in [7, 11) is 1.67. The molecule has 2 aromatic carbocycles. The van der Waals surface area contributed by atoms with Gasteiger partial charge in [0.15, 0.2) is 0 Å². The molecule has 104 valence electrons. The number of ether oxygens (including phenoxy) is 1. The van der Waals surface area contributed by atoms with Crippen molar-refractivity contribution in [3.63, 3.8) is 0 Å². The molecule has 3 nitrogen and oxygen atoms in total. The summed E-state index contributed by atoms with van der Waals surface area (Å²) in [6, 6.07) is 16.1. The molecule has 0 N–H and O–H groups in total. The molecule has 0 heterocycles. The average Bonchev–Trinajstić information content (AvgIpc) is 2.47. The third-order valence-electron chi connectivity index (χ3n) is 2.83. The van der Waals surface area contributed by atoms with E-state index in [9.17, 15) is 0 Å². The molecule has 0 saturated heterocycles. The summed E-state index contributed by atoms with van der Waals surface area (Å²) in [5.74, 6) is 0.850. The van der Waals surface area contributed by atoms with E-state index in [1.165, 1.54) is 0 Å². The van der Waals surface area contributed by atoms with E-state index in [1.807, 2.05) is 56.3 Å². The fourth-order valence-electron chi connectivity index (χ4n) is 1.85. The van der Waals surface area contributed by atoms with Crippen molar-refractivity contribution in [3.05, 3.63) is 54.1 Å². The second-order valence-corrected chi connectivity index (χ2v) is 4.70. The first kappa shape index (κ1) is 14.1. The van der Waals surface area contributed by atoms with Crippen LogP contribution in [0.25, 0.3) is 11.1 Å². The Morgan fingerprint density at radius 3 is 2.35 bits per heavy atom. The number of nitrogens with zero attached hydrogens (tertiary/aromatic N) is 1. The van der Waals surface area contributed by atoms with Crippen molar-refractivity contribution in [3.8, 4) is 16.9 Å². The van der Waals surface area contributed by atoms with E-state index in [4.69, 9.17) is 9.57 Å². The molecule has 0 aliphatic heterocycles. The van der Waals surface area contributed by atoms with Crippen molar-refractivity contribution in [1.82, 2.24) is 0 Å². The molecule has 2 rings (SSSR count). The lowest BCUT2D eigenvalue weighted by molar-refractivity contribution is 0.0874. The van der Waals surface area contributed by atoms with E-state index in [2.05, 4.69) is 11.2 Å². The van der Waals surface area contributed by atoms with Crippen molar-refractivity contribution < 1.29 is 9.57 Å². The van der Waals surface area contributed by atoms with Crippen LogP contribution in [-0.2, 0) is 4.84 Å². The van der Waals surface area contributed by atoms with Crippen LogP contribution in [0.4, 0.5) is 0 Å². The molecule has 20 heavy (non-hydrogen) atoms. The maximum atomic E-state index is 5.22. The molecular formula is C17H19NO2. The van der Waals surface area contributed by atoms with E-state index < -0.39 is 0 Å². The van der Waals surface area contributed by atoms with Gasteiger partial charge in [-0.15, -0.1) is 0 Å². The summed E-state index contributed by atoms with van der Waals surface area (Å²) in [5.41, 5.74) is 3.27. The Bertz CT molecular complexity index is 574. The molecule has 0 aliphatic rings. The summed E-state index contributed by atoms with van der Waals surface area (Å²) in [6.07, 6.45) is 1.83. The normalized spacial score (nSPS) is 11.0. The van der Waals surface area contributed by atoms with Gasteiger partial charge in [0, 0.05) is 5.56 Å². The van der Waals surface area contributed by atoms with Crippen LogP contribution in [0.15, 0.2) is 53.7 Å². The Hall–Kier alpha value is -2.29. The molecule has 2 aromatic rings. The topological polar surface area (TPSA) is 30.8 Å². The number of hydrogen-bond acceptors (Lipinski definition) is 3. The SMILES string of the molecule is COc1ccc(-c2ccccc2/C=N/OC(C)C)cc1. The minimum atomic E-state index is 0.0828. The Labute approximate surface area is 119 Å². The van der Waals surface area contributed by atoms with Gasteiger partial charge in [0.2, 0.25) is 0 Å². The zero-order valence-electron chi connectivity index (χ0n) is 12.0. The lowest BCUT2D eigenvalue weighted by Gasteiger charge is -2.07. The van der Waals surface area contributed by atoms with Crippen LogP contribution >= 0.6 is 0 Å². The van der Waals surface area contributed by atoms with E-state index >= 15 is 0 Å². The zero-order valence-corrected chi connectivity index (χ0v) is 12.0. The third-order valence-corrected chi connectivity index (χ3v) is 2.83. The van der Waals surface area contributed by atoms with Gasteiger partial charge in [-0.1, -0.05) is 41.6 Å². The average molecular weight is 269 g/mol. The molecule has 0 amide bonds. The molecule has 0 bridgehead atoms. The highest BCUT2D eigenvalue weighted by Gasteiger charge is 2.03. The lowest BCUT2D eigenvalue weighted by atomic mass is 10.0. The van der Waals surface area contributed by atoms with Crippen molar-refractivity contribution in [2.75, 3.05) is 7.11 Å². The van der Waals surface area contributed by atoms with Gasteiger partial charge in [0.1, 0.15) is 11.9 Å². The summed E-state index contributed by atoms with van der Waals surface area (Å²) in [6.45, 7) is 3.90. The molecule has 0 spiro atoms. The van der Waals surface area contributed by atoms with Gasteiger partial charge < -0.3 is 9.57 Å². The molecule has 0 atom stereocenters. The summed E-state index contributed by atoms with van der Waals surface area (Å²) in [4.78, 5) is 5.22. The van der Waals surface area contributed by atoms with Gasteiger partial charge in [-0.3, -0.25) is 0 Å². The Morgan fingerprint density at radius 1 is 1.00 bits per heavy atom. The van der Waals surface area contributed by atoms with Crippen molar-refractivity contribution in [2.45, 2.75) is 20.0 Å². The van der Waals surface area contributed by atoms with Gasteiger partial charge in [-0.05, 0) is 37.1 Å². The summed E-state index contributed by atoms with van der Waals surface area (Å²) >= 11 is 0. The highest BCUT2D eigenvalue weighted by Crippen LogP contribution is 2.24. The predicted octanol–water partition coefficient (Wildman–Crippen LogP) is 4.12. The van der Waals surface area contributed by atoms with E-state index in [-0.39, 0.29) is 6.10 Å². The monoisotopic (exact) mass is 269 g/mol. The van der Waals surface area contributed by atoms with Crippen LogP contribution in [0.1, 0.15) is 19.4 Å². The van der Waals surface area contributed by atoms with Gasteiger partial charge in [-0.25, -0.2) is 0 Å². The van der Waals surface area contributed by atoms with E-state index in [1.54, 1.807) is 13.3 Å². The lowest BCUT2D eigenvalue weighted by Crippen LogP contribution is -1.96. The van der Waals surface area contributed by atoms with Gasteiger partial charge in [-0.2, -0.15) is 0 Å². The van der Waals surface area contributed by atoms with Crippen LogP contribution < -0.4 is 4.74 Å². The fourth-order valence-corrected chi connectivity index (χ4v) is 1.85. The maximum Gasteiger partial charge on any atom is 0.122 e. The molecule has 0 fully saturated rings. The van der Waals surface area contributed by atoms with Crippen LogP contribution in [-0.4, -0.2) is 19.4 Å². The molecule has 3 heteroatoms. The minimum absolute atomic E-state index is 0.0828. The van der Waals surface area contributed by atoms with Crippen molar-refractivity contribution in [2.24, 2.45) is 5.16 Å². The predicted molar refractivity (Wildman–Crippen MR) is 82.2 cm³/mol. The standard InChI is InChI=1S/C17H19NO2/c1-13(2)20-18-12-15-6-4-5-7-17(15)14-8-10-16(19-3)11-9-14/h4-13H,1-3H3/b18-12+. The molecule has 0 aliphatic carbocycles.